The molecular weight excluding hydrogens is 483 g/mol. The molecule has 4 rings (SSSR count). The summed E-state index contributed by atoms with van der Waals surface area (Å²) in [6, 6.07) is 5.63. The average molecular weight is 501 g/mol. The van der Waals surface area contributed by atoms with Crippen molar-refractivity contribution in [2.24, 2.45) is 5.73 Å². The summed E-state index contributed by atoms with van der Waals surface area (Å²) >= 11 is 1.40. The van der Waals surface area contributed by atoms with Crippen LogP contribution >= 0.6 is 11.8 Å². The van der Waals surface area contributed by atoms with E-state index >= 15 is 0 Å². The van der Waals surface area contributed by atoms with E-state index in [2.05, 4.69) is 0 Å². The van der Waals surface area contributed by atoms with Crippen molar-refractivity contribution in [1.29, 1.82) is 0 Å². The topological polar surface area (TPSA) is 161 Å². The molecule has 1 aromatic rings. The molecule has 2 fully saturated rings. The fourth-order valence-corrected chi connectivity index (χ4v) is 4.74. The summed E-state index contributed by atoms with van der Waals surface area (Å²) in [5, 5.41) is 25.7. The molecule has 0 spiro atoms. The van der Waals surface area contributed by atoms with Crippen LogP contribution in [0.5, 0.6) is 5.75 Å². The van der Waals surface area contributed by atoms with E-state index in [4.69, 9.17) is 15.6 Å². The van der Waals surface area contributed by atoms with Crippen LogP contribution in [0.2, 0.25) is 0 Å². The number of carbonyl (C=O) groups excluding carboxylic acids is 2. The molecule has 10 nitrogen and oxygen atoms in total. The molecule has 14 heteroatoms. The first-order chi connectivity index (χ1) is 15.8. The number of carbonyl (C=O) groups is 4. The van der Waals surface area contributed by atoms with Crippen LogP contribution in [0.25, 0.3) is 0 Å². The van der Waals surface area contributed by atoms with Gasteiger partial charge in [0, 0.05) is 23.6 Å². The van der Waals surface area contributed by atoms with Gasteiger partial charge in [-0.1, -0.05) is 0 Å². The number of anilines is 1. The van der Waals surface area contributed by atoms with E-state index in [0.717, 1.165) is 0 Å². The SMILES string of the molecule is N[C@@H]1C(=O)N2C(C(=O)O)=C(C=C3CCN(c4ccc(O)cc4)C3=O)CS[C@H]12.O=C(O)C(F)(F)F. The number of phenolic OH excluding ortho intramolecular Hbond substituents is 1. The molecular formula is C20H18F3N3O7S. The second kappa shape index (κ2) is 9.38. The van der Waals surface area contributed by atoms with Crippen LogP contribution < -0.4 is 10.6 Å². The summed E-state index contributed by atoms with van der Waals surface area (Å²) in [4.78, 5) is 48.1. The maximum Gasteiger partial charge on any atom is 0.490 e. The summed E-state index contributed by atoms with van der Waals surface area (Å²) in [6.07, 6.45) is -3.02. The van der Waals surface area contributed by atoms with Gasteiger partial charge in [0.25, 0.3) is 5.91 Å². The summed E-state index contributed by atoms with van der Waals surface area (Å²) in [5.74, 6) is -4.09. The summed E-state index contributed by atoms with van der Waals surface area (Å²) in [6.45, 7) is 0.467. The number of aromatic hydroxyl groups is 1. The van der Waals surface area contributed by atoms with Crippen molar-refractivity contribution in [3.05, 3.63) is 47.2 Å². The van der Waals surface area contributed by atoms with Crippen molar-refractivity contribution < 1.29 is 47.7 Å². The largest absolute Gasteiger partial charge is 0.508 e. The summed E-state index contributed by atoms with van der Waals surface area (Å²) in [5.41, 5.74) is 7.25. The van der Waals surface area contributed by atoms with E-state index < -0.39 is 30.1 Å². The lowest BCUT2D eigenvalue weighted by atomic mass is 10.0. The Morgan fingerprint density at radius 3 is 2.26 bits per heavy atom. The number of β-lactam (4-membered cyclic amide) rings is 1. The maximum atomic E-state index is 12.7. The molecule has 3 aliphatic heterocycles. The van der Waals surface area contributed by atoms with E-state index in [-0.39, 0.29) is 22.7 Å². The highest BCUT2D eigenvalue weighted by atomic mass is 32.2. The van der Waals surface area contributed by atoms with E-state index in [0.29, 0.717) is 35.6 Å². The highest BCUT2D eigenvalue weighted by Crippen LogP contribution is 2.40. The number of phenols is 1. The van der Waals surface area contributed by atoms with Crippen molar-refractivity contribution in [2.45, 2.75) is 24.0 Å². The predicted molar refractivity (Wildman–Crippen MR) is 113 cm³/mol. The minimum atomic E-state index is -5.08. The van der Waals surface area contributed by atoms with Gasteiger partial charge in [-0.2, -0.15) is 13.2 Å². The van der Waals surface area contributed by atoms with Gasteiger partial charge in [-0.05, 0) is 42.3 Å². The van der Waals surface area contributed by atoms with E-state index in [1.165, 1.54) is 28.8 Å². The Bertz CT molecular complexity index is 1100. The lowest BCUT2D eigenvalue weighted by Crippen LogP contribution is -2.68. The molecule has 0 aliphatic carbocycles. The summed E-state index contributed by atoms with van der Waals surface area (Å²) in [7, 11) is 0. The van der Waals surface area contributed by atoms with Crippen LogP contribution in [0.3, 0.4) is 0 Å². The first kappa shape index (κ1) is 25.1. The number of allylic oxidation sites excluding steroid dienone is 1. The number of nitrogens with two attached hydrogens (primary N) is 1. The predicted octanol–water partition coefficient (Wildman–Crippen LogP) is 1.27. The van der Waals surface area contributed by atoms with Crippen molar-refractivity contribution in [3.63, 3.8) is 0 Å². The molecule has 2 atom stereocenters. The van der Waals surface area contributed by atoms with Gasteiger partial charge in [0.1, 0.15) is 22.9 Å². The monoisotopic (exact) mass is 501 g/mol. The third-order valence-electron chi connectivity index (χ3n) is 5.12. The Kier molecular flexibility index (Phi) is 6.93. The van der Waals surface area contributed by atoms with Crippen LogP contribution in [0.4, 0.5) is 18.9 Å². The van der Waals surface area contributed by atoms with Gasteiger partial charge < -0.3 is 26.0 Å². The van der Waals surface area contributed by atoms with Crippen molar-refractivity contribution in [1.82, 2.24) is 4.90 Å². The van der Waals surface area contributed by atoms with E-state index in [1.807, 2.05) is 0 Å². The Hall–Kier alpha value is -3.52. The molecule has 3 aliphatic rings. The Balaban J connectivity index is 0.000000406. The highest BCUT2D eigenvalue weighted by Gasteiger charge is 2.51. The number of hydrogen-bond donors (Lipinski definition) is 4. The molecule has 0 bridgehead atoms. The van der Waals surface area contributed by atoms with Gasteiger partial charge in [0.05, 0.1) is 0 Å². The van der Waals surface area contributed by atoms with E-state index in [1.54, 1.807) is 23.1 Å². The quantitative estimate of drug-likeness (QED) is 0.353. The van der Waals surface area contributed by atoms with Crippen LogP contribution in [0, 0.1) is 0 Å². The van der Waals surface area contributed by atoms with Crippen LogP contribution in [-0.4, -0.2) is 73.9 Å². The molecule has 34 heavy (non-hydrogen) atoms. The fourth-order valence-electron chi connectivity index (χ4n) is 3.49. The number of carboxylic acids is 2. The maximum absolute atomic E-state index is 12.7. The first-order valence-electron chi connectivity index (χ1n) is 9.61. The van der Waals surface area contributed by atoms with Crippen molar-refractivity contribution >= 4 is 41.2 Å². The molecule has 0 unspecified atom stereocenters. The molecule has 2 saturated heterocycles. The van der Waals surface area contributed by atoms with Crippen LogP contribution in [-0.2, 0) is 19.2 Å². The number of fused-ring (bicyclic) bond motifs is 1. The normalized spacial score (nSPS) is 23.4. The Morgan fingerprint density at radius 2 is 1.74 bits per heavy atom. The number of halogens is 3. The first-order valence-corrected chi connectivity index (χ1v) is 10.7. The minimum absolute atomic E-state index is 0.0890. The molecule has 182 valence electrons. The number of aliphatic carboxylic acids is 2. The molecule has 2 amide bonds. The summed E-state index contributed by atoms with van der Waals surface area (Å²) < 4.78 is 31.7. The second-order valence-electron chi connectivity index (χ2n) is 7.31. The van der Waals surface area contributed by atoms with Gasteiger partial charge in [-0.15, -0.1) is 11.8 Å². The van der Waals surface area contributed by atoms with Gasteiger partial charge >= 0.3 is 18.1 Å². The standard InChI is InChI=1S/C18H17N3O5S.C2HF3O2/c19-13-16(24)21-14(18(25)26)10(8-27-17(13)21)7-9-5-6-20(15(9)23)11-1-3-12(22)4-2-11;3-2(4,5)1(6)7/h1-4,7,13,17,22H,5-6,8,19H2,(H,25,26);(H,6,7)/t13-,17-;/m1./s1. The number of alkyl halides is 3. The molecule has 3 heterocycles. The molecule has 1 aromatic carbocycles. The van der Waals surface area contributed by atoms with Crippen LogP contribution in [0.1, 0.15) is 6.42 Å². The number of thioether (sulfide) groups is 1. The third kappa shape index (κ3) is 4.87. The lowest BCUT2D eigenvalue weighted by Gasteiger charge is -2.47. The average Bonchev–Trinajstić information content (AvgIpc) is 3.13. The van der Waals surface area contributed by atoms with Crippen molar-refractivity contribution in [2.75, 3.05) is 17.2 Å². The van der Waals surface area contributed by atoms with Crippen LogP contribution in [0.15, 0.2) is 47.2 Å². The van der Waals surface area contributed by atoms with Gasteiger partial charge in [-0.3, -0.25) is 14.5 Å². The number of benzene rings is 1. The number of hydrogen-bond acceptors (Lipinski definition) is 7. The molecule has 5 N–H and O–H groups in total. The minimum Gasteiger partial charge on any atom is -0.508 e. The van der Waals surface area contributed by atoms with E-state index in [9.17, 15) is 37.8 Å². The zero-order valence-corrected chi connectivity index (χ0v) is 18.0. The molecule has 0 aromatic heterocycles. The van der Waals surface area contributed by atoms with Gasteiger partial charge in [0.2, 0.25) is 5.91 Å². The number of amides is 2. The smallest absolute Gasteiger partial charge is 0.490 e. The Morgan fingerprint density at radius 1 is 1.15 bits per heavy atom. The van der Waals surface area contributed by atoms with Gasteiger partial charge in [-0.25, -0.2) is 9.59 Å². The molecule has 0 radical (unpaired) electrons. The highest BCUT2D eigenvalue weighted by molar-refractivity contribution is 8.00. The van der Waals surface area contributed by atoms with Crippen molar-refractivity contribution in [3.8, 4) is 5.75 Å². The number of nitrogens with zero attached hydrogens (tertiary/aromatic N) is 2. The third-order valence-corrected chi connectivity index (χ3v) is 6.44. The van der Waals surface area contributed by atoms with Gasteiger partial charge in [0.15, 0.2) is 0 Å². The number of carboxylic acid groups (broad SMARTS) is 2. The Labute approximate surface area is 194 Å². The zero-order valence-electron chi connectivity index (χ0n) is 17.2. The molecule has 0 saturated carbocycles. The number of rotatable bonds is 3. The zero-order chi connectivity index (χ0) is 25.4. The lowest BCUT2D eigenvalue weighted by molar-refractivity contribution is -0.192. The fraction of sp³-hybridized carbons (Fsp3) is 0.300. The second-order valence-corrected chi connectivity index (χ2v) is 8.42.